The van der Waals surface area contributed by atoms with Gasteiger partial charge in [-0.3, -0.25) is 0 Å². The highest BCUT2D eigenvalue weighted by molar-refractivity contribution is 4.72. The number of nitrogens with one attached hydrogen (secondary N) is 1. The smallest absolute Gasteiger partial charge is 0.0897 e. The fourth-order valence-corrected chi connectivity index (χ4v) is 2.73. The molecule has 1 saturated carbocycles. The molecule has 0 radical (unpaired) electrons. The number of unbranched alkanes of at least 4 members (excludes halogenated alkanes) is 1. The van der Waals surface area contributed by atoms with E-state index in [2.05, 4.69) is 19.2 Å². The van der Waals surface area contributed by atoms with Crippen LogP contribution in [0.4, 0.5) is 0 Å². The molecule has 126 valence electrons. The van der Waals surface area contributed by atoms with Crippen LogP contribution in [0.1, 0.15) is 52.4 Å². The van der Waals surface area contributed by atoms with Crippen LogP contribution in [0.15, 0.2) is 0 Å². The van der Waals surface area contributed by atoms with Crippen molar-refractivity contribution < 1.29 is 14.6 Å². The molecular weight excluding hydrogens is 266 g/mol. The largest absolute Gasteiger partial charge is 0.389 e. The Hall–Kier alpha value is -0.160. The van der Waals surface area contributed by atoms with Crippen LogP contribution in [-0.2, 0) is 9.47 Å². The number of hydrogen-bond acceptors (Lipinski definition) is 4. The first-order chi connectivity index (χ1) is 10.2. The Morgan fingerprint density at radius 1 is 1.10 bits per heavy atom. The summed E-state index contributed by atoms with van der Waals surface area (Å²) in [7, 11) is 0. The third-order valence-electron chi connectivity index (χ3n) is 4.27. The molecule has 0 aliphatic heterocycles. The molecule has 0 aromatic heterocycles. The van der Waals surface area contributed by atoms with Crippen LogP contribution in [0, 0.1) is 11.8 Å². The Morgan fingerprint density at radius 2 is 1.81 bits per heavy atom. The van der Waals surface area contributed by atoms with Gasteiger partial charge in [-0.05, 0) is 37.6 Å². The van der Waals surface area contributed by atoms with Crippen LogP contribution < -0.4 is 5.32 Å². The van der Waals surface area contributed by atoms with E-state index in [1.165, 1.54) is 25.7 Å². The van der Waals surface area contributed by atoms with Gasteiger partial charge in [-0.1, -0.05) is 33.1 Å². The average Bonchev–Trinajstić information content (AvgIpc) is 2.48. The van der Waals surface area contributed by atoms with E-state index in [1.54, 1.807) is 0 Å². The van der Waals surface area contributed by atoms with Crippen molar-refractivity contribution in [3.63, 3.8) is 0 Å². The van der Waals surface area contributed by atoms with Crippen molar-refractivity contribution in [1.29, 1.82) is 0 Å². The normalized spacial score (nSPS) is 24.1. The monoisotopic (exact) mass is 301 g/mol. The van der Waals surface area contributed by atoms with Crippen LogP contribution in [-0.4, -0.2) is 50.7 Å². The van der Waals surface area contributed by atoms with E-state index in [4.69, 9.17) is 9.47 Å². The van der Waals surface area contributed by atoms with Gasteiger partial charge in [0.25, 0.3) is 0 Å². The molecule has 4 heteroatoms. The molecule has 2 N–H and O–H groups in total. The molecule has 0 heterocycles. The van der Waals surface area contributed by atoms with E-state index in [9.17, 15) is 5.11 Å². The Balaban J connectivity index is 1.86. The molecule has 0 aromatic carbocycles. The van der Waals surface area contributed by atoms with Crippen LogP contribution >= 0.6 is 0 Å². The summed E-state index contributed by atoms with van der Waals surface area (Å²) in [5.74, 6) is 1.70. The lowest BCUT2D eigenvalue weighted by molar-refractivity contribution is 0.00361. The molecule has 1 unspecified atom stereocenters. The number of rotatable bonds is 12. The highest BCUT2D eigenvalue weighted by atomic mass is 16.5. The number of ether oxygens (including phenoxy) is 2. The first-order valence-electron chi connectivity index (χ1n) is 8.76. The van der Waals surface area contributed by atoms with Crippen LogP contribution in [0.2, 0.25) is 0 Å². The summed E-state index contributed by atoms with van der Waals surface area (Å²) in [4.78, 5) is 0. The van der Waals surface area contributed by atoms with E-state index in [-0.39, 0.29) is 0 Å². The summed E-state index contributed by atoms with van der Waals surface area (Å²) in [6, 6.07) is 0. The molecule has 1 atom stereocenters. The van der Waals surface area contributed by atoms with Gasteiger partial charge in [0.15, 0.2) is 0 Å². The maximum atomic E-state index is 9.83. The van der Waals surface area contributed by atoms with Crippen molar-refractivity contribution in [3.8, 4) is 0 Å². The van der Waals surface area contributed by atoms with Gasteiger partial charge in [0.2, 0.25) is 0 Å². The molecular formula is C17H35NO3. The molecule has 1 aliphatic carbocycles. The Bertz CT molecular complexity index is 230. The van der Waals surface area contributed by atoms with E-state index in [0.717, 1.165) is 37.8 Å². The summed E-state index contributed by atoms with van der Waals surface area (Å²) in [6.07, 6.45) is 7.22. The molecule has 1 aliphatic rings. The lowest BCUT2D eigenvalue weighted by atomic mass is 9.83. The van der Waals surface area contributed by atoms with Crippen molar-refractivity contribution in [2.75, 3.05) is 39.5 Å². The second-order valence-corrected chi connectivity index (χ2v) is 6.48. The van der Waals surface area contributed by atoms with Gasteiger partial charge < -0.3 is 19.9 Å². The van der Waals surface area contributed by atoms with Gasteiger partial charge in [0.05, 0.1) is 25.9 Å². The maximum Gasteiger partial charge on any atom is 0.0897 e. The van der Waals surface area contributed by atoms with Gasteiger partial charge in [-0.2, -0.15) is 0 Å². The summed E-state index contributed by atoms with van der Waals surface area (Å²) < 4.78 is 10.8. The fraction of sp³-hybridized carbons (Fsp3) is 1.00. The van der Waals surface area contributed by atoms with E-state index < -0.39 is 6.10 Å². The van der Waals surface area contributed by atoms with Crippen molar-refractivity contribution in [1.82, 2.24) is 5.32 Å². The SMILES string of the molecule is CCCCOCCOCC(O)CNCC1CCC(C)CC1. The molecule has 0 amide bonds. The Kier molecular flexibility index (Phi) is 11.1. The quantitative estimate of drug-likeness (QED) is 0.544. The summed E-state index contributed by atoms with van der Waals surface area (Å²) in [6.45, 7) is 8.55. The van der Waals surface area contributed by atoms with Crippen LogP contribution in [0.25, 0.3) is 0 Å². The first-order valence-corrected chi connectivity index (χ1v) is 8.76. The maximum absolute atomic E-state index is 9.83. The third-order valence-corrected chi connectivity index (χ3v) is 4.27. The van der Waals surface area contributed by atoms with E-state index in [1.807, 2.05) is 0 Å². The number of aliphatic hydroxyl groups excluding tert-OH is 1. The average molecular weight is 301 g/mol. The standard InChI is InChI=1S/C17H35NO3/c1-3-4-9-20-10-11-21-14-17(19)13-18-12-16-7-5-15(2)6-8-16/h15-19H,3-14H2,1-2H3. The lowest BCUT2D eigenvalue weighted by Gasteiger charge is -2.26. The zero-order valence-electron chi connectivity index (χ0n) is 14.0. The summed E-state index contributed by atoms with van der Waals surface area (Å²) >= 11 is 0. The molecule has 1 fully saturated rings. The Labute approximate surface area is 130 Å². The van der Waals surface area contributed by atoms with Crippen molar-refractivity contribution in [2.24, 2.45) is 11.8 Å². The topological polar surface area (TPSA) is 50.7 Å². The van der Waals surface area contributed by atoms with Crippen LogP contribution in [0.5, 0.6) is 0 Å². The third kappa shape index (κ3) is 10.2. The minimum Gasteiger partial charge on any atom is -0.389 e. The minimum atomic E-state index is -0.414. The summed E-state index contributed by atoms with van der Waals surface area (Å²) in [5, 5.41) is 13.2. The number of hydrogen-bond donors (Lipinski definition) is 2. The minimum absolute atomic E-state index is 0.395. The Morgan fingerprint density at radius 3 is 2.52 bits per heavy atom. The highest BCUT2D eigenvalue weighted by Crippen LogP contribution is 2.27. The molecule has 0 saturated heterocycles. The van der Waals surface area contributed by atoms with Crippen molar-refractivity contribution >= 4 is 0 Å². The first kappa shape index (κ1) is 18.9. The molecule has 0 bridgehead atoms. The fourth-order valence-electron chi connectivity index (χ4n) is 2.73. The zero-order valence-corrected chi connectivity index (χ0v) is 14.0. The molecule has 4 nitrogen and oxygen atoms in total. The van der Waals surface area contributed by atoms with Gasteiger partial charge in [-0.15, -0.1) is 0 Å². The number of aliphatic hydroxyl groups is 1. The predicted octanol–water partition coefficient (Wildman–Crippen LogP) is 2.60. The predicted molar refractivity (Wildman–Crippen MR) is 86.5 cm³/mol. The molecule has 0 spiro atoms. The lowest BCUT2D eigenvalue weighted by Crippen LogP contribution is -2.34. The molecule has 21 heavy (non-hydrogen) atoms. The molecule has 0 aromatic rings. The second-order valence-electron chi connectivity index (χ2n) is 6.48. The van der Waals surface area contributed by atoms with Crippen molar-refractivity contribution in [2.45, 2.75) is 58.5 Å². The van der Waals surface area contributed by atoms with E-state index >= 15 is 0 Å². The van der Waals surface area contributed by atoms with Gasteiger partial charge in [0, 0.05) is 13.2 Å². The van der Waals surface area contributed by atoms with Gasteiger partial charge in [-0.25, -0.2) is 0 Å². The van der Waals surface area contributed by atoms with E-state index in [0.29, 0.717) is 26.4 Å². The van der Waals surface area contributed by atoms with Crippen LogP contribution in [0.3, 0.4) is 0 Å². The van der Waals surface area contributed by atoms with Gasteiger partial charge >= 0.3 is 0 Å². The summed E-state index contributed by atoms with van der Waals surface area (Å²) in [5.41, 5.74) is 0. The molecule has 1 rings (SSSR count). The second kappa shape index (κ2) is 12.4. The zero-order chi connectivity index (χ0) is 15.3. The van der Waals surface area contributed by atoms with Crippen molar-refractivity contribution in [3.05, 3.63) is 0 Å². The highest BCUT2D eigenvalue weighted by Gasteiger charge is 2.17. The van der Waals surface area contributed by atoms with Gasteiger partial charge in [0.1, 0.15) is 0 Å².